The SMILES string of the molecule is CC(=O)Nc1cccc(NC(=O)COC(=O)C2c3ccccc3Oc3ccccc32)c1. The van der Waals surface area contributed by atoms with Gasteiger partial charge in [0.05, 0.1) is 0 Å². The molecule has 0 aliphatic carbocycles. The first-order valence-corrected chi connectivity index (χ1v) is 9.71. The number of carbonyl (C=O) groups excluding carboxylic acids is 3. The molecule has 0 radical (unpaired) electrons. The molecule has 7 heteroatoms. The molecule has 0 aromatic heterocycles. The maximum absolute atomic E-state index is 13.0. The predicted molar refractivity (Wildman–Crippen MR) is 115 cm³/mol. The van der Waals surface area contributed by atoms with Gasteiger partial charge in [0.2, 0.25) is 5.91 Å². The summed E-state index contributed by atoms with van der Waals surface area (Å²) in [7, 11) is 0. The fourth-order valence-corrected chi connectivity index (χ4v) is 3.46. The predicted octanol–water partition coefficient (Wildman–Crippen LogP) is 4.06. The first kappa shape index (κ1) is 20.2. The van der Waals surface area contributed by atoms with Crippen LogP contribution in [-0.2, 0) is 19.1 Å². The van der Waals surface area contributed by atoms with E-state index in [1.54, 1.807) is 36.4 Å². The Morgan fingerprint density at radius 1 is 0.839 bits per heavy atom. The van der Waals surface area contributed by atoms with Gasteiger partial charge < -0.3 is 20.1 Å². The topological polar surface area (TPSA) is 93.7 Å². The van der Waals surface area contributed by atoms with Crippen LogP contribution in [0.1, 0.15) is 24.0 Å². The lowest BCUT2D eigenvalue weighted by Crippen LogP contribution is -2.26. The van der Waals surface area contributed by atoms with Crippen LogP contribution in [0.5, 0.6) is 11.5 Å². The number of benzene rings is 3. The van der Waals surface area contributed by atoms with E-state index in [1.807, 2.05) is 36.4 Å². The zero-order valence-corrected chi connectivity index (χ0v) is 16.8. The molecule has 0 spiro atoms. The maximum Gasteiger partial charge on any atom is 0.318 e. The molecule has 0 saturated heterocycles. The summed E-state index contributed by atoms with van der Waals surface area (Å²) in [4.78, 5) is 36.5. The molecule has 156 valence electrons. The number of carbonyl (C=O) groups is 3. The maximum atomic E-state index is 13.0. The van der Waals surface area contributed by atoms with Crippen molar-refractivity contribution in [3.8, 4) is 11.5 Å². The summed E-state index contributed by atoms with van der Waals surface area (Å²) in [5, 5.41) is 5.30. The standard InChI is InChI=1S/C24H20N2O5/c1-15(27)25-16-7-6-8-17(13-16)26-22(28)14-30-24(29)23-18-9-2-4-11-20(18)31-21-12-5-3-10-19(21)23/h2-13,23H,14H2,1H3,(H,25,27)(H,26,28). The van der Waals surface area contributed by atoms with Gasteiger partial charge in [-0.15, -0.1) is 0 Å². The second-order valence-corrected chi connectivity index (χ2v) is 7.03. The summed E-state index contributed by atoms with van der Waals surface area (Å²) in [6, 6.07) is 21.2. The third kappa shape index (κ3) is 4.56. The molecule has 1 heterocycles. The van der Waals surface area contributed by atoms with Crippen molar-refractivity contribution in [1.29, 1.82) is 0 Å². The zero-order chi connectivity index (χ0) is 21.8. The van der Waals surface area contributed by atoms with Crippen molar-refractivity contribution in [3.05, 3.63) is 83.9 Å². The monoisotopic (exact) mass is 416 g/mol. The zero-order valence-electron chi connectivity index (χ0n) is 16.8. The average molecular weight is 416 g/mol. The highest BCUT2D eigenvalue weighted by Gasteiger charge is 2.33. The van der Waals surface area contributed by atoms with E-state index < -0.39 is 24.4 Å². The molecule has 3 aromatic rings. The fourth-order valence-electron chi connectivity index (χ4n) is 3.46. The van der Waals surface area contributed by atoms with Gasteiger partial charge >= 0.3 is 5.97 Å². The lowest BCUT2D eigenvalue weighted by atomic mass is 9.88. The summed E-state index contributed by atoms with van der Waals surface area (Å²) in [6.45, 7) is 0.961. The number of ether oxygens (including phenoxy) is 2. The van der Waals surface area contributed by atoms with Crippen molar-refractivity contribution in [2.75, 3.05) is 17.2 Å². The average Bonchev–Trinajstić information content (AvgIpc) is 2.75. The van der Waals surface area contributed by atoms with Crippen LogP contribution in [0.2, 0.25) is 0 Å². The van der Waals surface area contributed by atoms with Gasteiger partial charge in [-0.25, -0.2) is 0 Å². The summed E-state index contributed by atoms with van der Waals surface area (Å²) >= 11 is 0. The number of para-hydroxylation sites is 2. The minimum absolute atomic E-state index is 0.213. The third-order valence-electron chi connectivity index (χ3n) is 4.73. The van der Waals surface area contributed by atoms with Crippen LogP contribution in [0.4, 0.5) is 11.4 Å². The van der Waals surface area contributed by atoms with Gasteiger partial charge in [-0.05, 0) is 30.3 Å². The largest absolute Gasteiger partial charge is 0.457 e. The first-order valence-electron chi connectivity index (χ1n) is 9.71. The molecule has 0 fully saturated rings. The highest BCUT2D eigenvalue weighted by molar-refractivity contribution is 5.95. The number of rotatable bonds is 5. The Balaban J connectivity index is 1.45. The second-order valence-electron chi connectivity index (χ2n) is 7.03. The normalized spacial score (nSPS) is 12.0. The Kier molecular flexibility index (Phi) is 5.66. The van der Waals surface area contributed by atoms with Crippen molar-refractivity contribution < 1.29 is 23.9 Å². The number of esters is 1. The van der Waals surface area contributed by atoms with Gasteiger partial charge in [0.15, 0.2) is 6.61 Å². The van der Waals surface area contributed by atoms with E-state index >= 15 is 0 Å². The fraction of sp³-hybridized carbons (Fsp3) is 0.125. The summed E-state index contributed by atoms with van der Waals surface area (Å²) in [6.07, 6.45) is 0. The van der Waals surface area contributed by atoms with E-state index in [0.29, 0.717) is 34.0 Å². The highest BCUT2D eigenvalue weighted by Crippen LogP contribution is 2.44. The Bertz CT molecular complexity index is 1110. The summed E-state index contributed by atoms with van der Waals surface area (Å²) < 4.78 is 11.2. The lowest BCUT2D eigenvalue weighted by molar-refractivity contribution is -0.148. The van der Waals surface area contributed by atoms with Gasteiger partial charge in [0.25, 0.3) is 5.91 Å². The second kappa shape index (κ2) is 8.71. The Hall–Kier alpha value is -4.13. The third-order valence-corrected chi connectivity index (χ3v) is 4.73. The number of fused-ring (bicyclic) bond motifs is 2. The van der Waals surface area contributed by atoms with Crippen molar-refractivity contribution >= 4 is 29.2 Å². The summed E-state index contributed by atoms with van der Waals surface area (Å²) in [5.74, 6) is -0.747. The quantitative estimate of drug-likeness (QED) is 0.612. The van der Waals surface area contributed by atoms with Crippen LogP contribution in [0, 0.1) is 0 Å². The van der Waals surface area contributed by atoms with Crippen LogP contribution in [0.3, 0.4) is 0 Å². The van der Waals surface area contributed by atoms with Crippen LogP contribution < -0.4 is 15.4 Å². The van der Waals surface area contributed by atoms with Crippen LogP contribution in [0.25, 0.3) is 0 Å². The first-order chi connectivity index (χ1) is 15.0. The van der Waals surface area contributed by atoms with Crippen molar-refractivity contribution in [3.63, 3.8) is 0 Å². The van der Waals surface area contributed by atoms with Crippen LogP contribution >= 0.6 is 0 Å². The van der Waals surface area contributed by atoms with E-state index in [1.165, 1.54) is 6.92 Å². The van der Waals surface area contributed by atoms with Gasteiger partial charge in [-0.2, -0.15) is 0 Å². The minimum Gasteiger partial charge on any atom is -0.457 e. The van der Waals surface area contributed by atoms with Crippen molar-refractivity contribution in [1.82, 2.24) is 0 Å². The molecule has 4 rings (SSSR count). The molecular formula is C24H20N2O5. The molecule has 0 saturated carbocycles. The van der Waals surface area contributed by atoms with Gasteiger partial charge in [-0.3, -0.25) is 14.4 Å². The van der Waals surface area contributed by atoms with Crippen molar-refractivity contribution in [2.24, 2.45) is 0 Å². The Morgan fingerprint density at radius 3 is 2.03 bits per heavy atom. The highest BCUT2D eigenvalue weighted by atomic mass is 16.5. The Labute approximate surface area is 179 Å². The molecule has 0 bridgehead atoms. The number of anilines is 2. The Morgan fingerprint density at radius 2 is 1.42 bits per heavy atom. The van der Waals surface area contributed by atoms with E-state index in [2.05, 4.69) is 10.6 Å². The number of amides is 2. The molecule has 0 atom stereocenters. The molecule has 2 amide bonds. The van der Waals surface area contributed by atoms with Gasteiger partial charge in [0.1, 0.15) is 17.4 Å². The molecule has 1 aliphatic rings. The van der Waals surface area contributed by atoms with Crippen LogP contribution in [-0.4, -0.2) is 24.4 Å². The minimum atomic E-state index is -0.683. The van der Waals surface area contributed by atoms with Gasteiger partial charge in [-0.1, -0.05) is 42.5 Å². The number of hydrogen-bond donors (Lipinski definition) is 2. The van der Waals surface area contributed by atoms with E-state index in [-0.39, 0.29) is 5.91 Å². The van der Waals surface area contributed by atoms with Gasteiger partial charge in [0, 0.05) is 29.4 Å². The molecule has 1 aliphatic heterocycles. The number of hydrogen-bond acceptors (Lipinski definition) is 5. The van der Waals surface area contributed by atoms with E-state index in [9.17, 15) is 14.4 Å². The van der Waals surface area contributed by atoms with Crippen LogP contribution in [0.15, 0.2) is 72.8 Å². The molecular weight excluding hydrogens is 396 g/mol. The lowest BCUT2D eigenvalue weighted by Gasteiger charge is -2.26. The van der Waals surface area contributed by atoms with Crippen molar-refractivity contribution in [2.45, 2.75) is 12.8 Å². The molecule has 0 unspecified atom stereocenters. The molecule has 3 aromatic carbocycles. The summed E-state index contributed by atoms with van der Waals surface area (Å²) in [5.41, 5.74) is 2.41. The molecule has 31 heavy (non-hydrogen) atoms. The number of nitrogens with one attached hydrogen (secondary N) is 2. The molecule has 2 N–H and O–H groups in total. The molecule has 7 nitrogen and oxygen atoms in total. The van der Waals surface area contributed by atoms with E-state index in [0.717, 1.165) is 0 Å². The van der Waals surface area contributed by atoms with E-state index in [4.69, 9.17) is 9.47 Å². The smallest absolute Gasteiger partial charge is 0.318 e.